The molecule has 3 N–H and O–H groups in total. The van der Waals surface area contributed by atoms with Crippen LogP contribution in [0.4, 0.5) is 0 Å². The van der Waals surface area contributed by atoms with Gasteiger partial charge < -0.3 is 5.84 Å². The van der Waals surface area contributed by atoms with Gasteiger partial charge in [-0.15, -0.1) is 5.10 Å². The van der Waals surface area contributed by atoms with Crippen LogP contribution in [0.1, 0.15) is 0 Å². The van der Waals surface area contributed by atoms with Crippen molar-refractivity contribution < 1.29 is 0 Å². The number of hydrogen-bond acceptors (Lipinski definition) is 5. The van der Waals surface area contributed by atoms with E-state index in [9.17, 15) is 0 Å². The Labute approximate surface area is 51.7 Å². The second-order valence-electron chi connectivity index (χ2n) is 0.322. The topological polar surface area (TPSA) is 62.2 Å². The predicted octanol–water partition coefficient (Wildman–Crippen LogP) is 0.631. The van der Waals surface area contributed by atoms with Crippen LogP contribution in [0.2, 0.25) is 0 Å². The van der Waals surface area contributed by atoms with E-state index in [1.165, 1.54) is 0 Å². The average molecular weight is 133 g/mol. The number of isothiocyanates is 2. The van der Waals surface area contributed by atoms with E-state index in [4.69, 9.17) is 5.41 Å². The summed E-state index contributed by atoms with van der Waals surface area (Å²) in [5.74, 6) is 4.44. The molecule has 0 rings (SSSR count). The van der Waals surface area contributed by atoms with Crippen LogP contribution in [0.15, 0.2) is 5.10 Å². The third-order valence-corrected chi connectivity index (χ3v) is 0.158. The molecule has 38 valence electrons. The number of nitrogens with two attached hydrogens (primary N) is 1. The number of nitrogens with one attached hydrogen (secondary N) is 1. The molecule has 0 spiro atoms. The molecule has 5 heteroatoms. The fourth-order valence-electron chi connectivity index (χ4n) is 0. The summed E-state index contributed by atoms with van der Waals surface area (Å²) in [5.41, 5.74) is 0. The van der Waals surface area contributed by atoms with Crippen LogP contribution in [0, 0.1) is 5.41 Å². The van der Waals surface area contributed by atoms with Crippen LogP contribution in [-0.4, -0.2) is 10.3 Å². The fraction of sp³-hybridized carbons (Fsp3) is 0. The summed E-state index contributed by atoms with van der Waals surface area (Å²) in [4.78, 5) is 0. The highest BCUT2D eigenvalue weighted by Gasteiger charge is 1.22. The van der Waals surface area contributed by atoms with Gasteiger partial charge in [-0.1, -0.05) is 0 Å². The lowest BCUT2D eigenvalue weighted by Crippen LogP contribution is -1.70. The summed E-state index contributed by atoms with van der Waals surface area (Å²) in [6.45, 7) is 0. The van der Waals surface area contributed by atoms with E-state index in [2.05, 4.69) is 35.4 Å². The normalized spacial score (nSPS) is 3.43. The lowest BCUT2D eigenvalue weighted by atomic mass is 11.7. The van der Waals surface area contributed by atoms with Crippen molar-refractivity contribution in [1.29, 1.82) is 5.41 Å². The molecule has 0 saturated heterocycles. The minimum Gasteiger partial charge on any atom is -0.314 e. The first-order valence-electron chi connectivity index (χ1n) is 1.14. The van der Waals surface area contributed by atoms with Crippen LogP contribution in [0.25, 0.3) is 0 Å². The second-order valence-corrected chi connectivity index (χ2v) is 0.709. The highest BCUT2D eigenvalue weighted by Crippen LogP contribution is 1.28. The molecule has 0 bridgehead atoms. The Hall–Kier alpha value is -0.600. The lowest BCUT2D eigenvalue weighted by molar-refractivity contribution is 1.28. The Balaban J connectivity index is 0. The van der Waals surface area contributed by atoms with Crippen molar-refractivity contribution in [1.82, 2.24) is 0 Å². The highest BCUT2D eigenvalue weighted by atomic mass is 32.1. The summed E-state index contributed by atoms with van der Waals surface area (Å²) in [6.07, 6.45) is 0. The maximum atomic E-state index is 5.77. The summed E-state index contributed by atoms with van der Waals surface area (Å²) >= 11 is 7.82. The van der Waals surface area contributed by atoms with Gasteiger partial charge in [-0.25, -0.2) is 5.41 Å². The van der Waals surface area contributed by atoms with Gasteiger partial charge in [0.05, 0.1) is 10.3 Å². The minimum absolute atomic E-state index is 1.58. The smallest absolute Gasteiger partial charge is 0.0841 e. The van der Waals surface area contributed by atoms with Gasteiger partial charge in [0.2, 0.25) is 0 Å². The van der Waals surface area contributed by atoms with Crippen molar-refractivity contribution in [3.05, 3.63) is 0 Å². The molecular formula is C2H3N3S2. The van der Waals surface area contributed by atoms with E-state index < -0.39 is 0 Å². The summed E-state index contributed by atoms with van der Waals surface area (Å²) in [5, 5.41) is 12.1. The van der Waals surface area contributed by atoms with E-state index in [0.29, 0.717) is 0 Å². The number of nitrogens with zero attached hydrogens (tertiary/aromatic N) is 1. The molecule has 0 fully saturated rings. The molecule has 0 aliphatic rings. The molecule has 0 aromatic rings. The minimum atomic E-state index is 1.58. The maximum absolute atomic E-state index is 5.77. The van der Waals surface area contributed by atoms with Gasteiger partial charge in [-0.3, -0.25) is 0 Å². The first kappa shape index (κ1) is 9.64. The van der Waals surface area contributed by atoms with Crippen LogP contribution < -0.4 is 5.84 Å². The van der Waals surface area contributed by atoms with Crippen LogP contribution in [-0.2, 0) is 0 Å². The van der Waals surface area contributed by atoms with Gasteiger partial charge in [-0.05, 0) is 24.4 Å². The van der Waals surface area contributed by atoms with E-state index in [1.54, 1.807) is 5.16 Å². The first-order valence-corrected chi connectivity index (χ1v) is 1.96. The van der Waals surface area contributed by atoms with Gasteiger partial charge in [0.15, 0.2) is 0 Å². The van der Waals surface area contributed by atoms with Crippen LogP contribution in [0.3, 0.4) is 0 Å². The Kier molecular flexibility index (Phi) is 25.0. The Morgan fingerprint density at radius 3 is 1.71 bits per heavy atom. The number of hydrazone groups is 1. The molecule has 0 aromatic heterocycles. The van der Waals surface area contributed by atoms with Crippen molar-refractivity contribution in [3.8, 4) is 0 Å². The standard InChI is InChI=1S/CH2N2S.CHNS/c2-3-1-4;2-1-3/h2H2;2H. The molecule has 0 aliphatic carbocycles. The Morgan fingerprint density at radius 1 is 1.57 bits per heavy atom. The molecule has 0 unspecified atom stereocenters. The van der Waals surface area contributed by atoms with Crippen LogP contribution in [0.5, 0.6) is 0 Å². The van der Waals surface area contributed by atoms with Crippen molar-refractivity contribution in [3.63, 3.8) is 0 Å². The fourth-order valence-corrected chi connectivity index (χ4v) is 0. The molecule has 0 heterocycles. The second kappa shape index (κ2) is 18.2. The SMILES string of the molecule is N=C=S.NN=C=S. The van der Waals surface area contributed by atoms with Crippen molar-refractivity contribution in [2.75, 3.05) is 0 Å². The number of hydrogen-bond donors (Lipinski definition) is 2. The zero-order chi connectivity index (χ0) is 6.12. The van der Waals surface area contributed by atoms with Crippen molar-refractivity contribution in [2.24, 2.45) is 10.9 Å². The third kappa shape index (κ3) is 390. The predicted molar refractivity (Wildman–Crippen MR) is 34.5 cm³/mol. The molecule has 3 nitrogen and oxygen atoms in total. The summed E-state index contributed by atoms with van der Waals surface area (Å²) < 4.78 is 0. The molecule has 0 aromatic carbocycles. The molecular weight excluding hydrogens is 130 g/mol. The quantitative estimate of drug-likeness (QED) is 0.220. The number of rotatable bonds is 0. The molecule has 0 aliphatic heterocycles. The van der Waals surface area contributed by atoms with Gasteiger partial charge in [-0.2, -0.15) is 0 Å². The highest BCUT2D eigenvalue weighted by molar-refractivity contribution is 7.78. The van der Waals surface area contributed by atoms with Gasteiger partial charge in [0.1, 0.15) is 0 Å². The van der Waals surface area contributed by atoms with Crippen LogP contribution >= 0.6 is 24.4 Å². The number of thiocarbonyl (C=S) groups is 2. The van der Waals surface area contributed by atoms with E-state index in [-0.39, 0.29) is 0 Å². The van der Waals surface area contributed by atoms with E-state index in [0.717, 1.165) is 0 Å². The van der Waals surface area contributed by atoms with Gasteiger partial charge in [0, 0.05) is 0 Å². The zero-order valence-electron chi connectivity index (χ0n) is 3.34. The monoisotopic (exact) mass is 133 g/mol. The van der Waals surface area contributed by atoms with E-state index >= 15 is 0 Å². The van der Waals surface area contributed by atoms with Gasteiger partial charge in [0.25, 0.3) is 0 Å². The largest absolute Gasteiger partial charge is 0.314 e. The summed E-state index contributed by atoms with van der Waals surface area (Å²) in [6, 6.07) is 0. The Morgan fingerprint density at radius 2 is 1.71 bits per heavy atom. The molecule has 0 radical (unpaired) electrons. The first-order chi connectivity index (χ1) is 3.33. The van der Waals surface area contributed by atoms with E-state index in [1.807, 2.05) is 5.16 Å². The Bertz CT molecular complexity index is 97.5. The molecule has 0 amide bonds. The van der Waals surface area contributed by atoms with Crippen molar-refractivity contribution >= 4 is 34.8 Å². The zero-order valence-corrected chi connectivity index (χ0v) is 4.97. The van der Waals surface area contributed by atoms with Gasteiger partial charge >= 0.3 is 0 Å². The average Bonchev–Trinajstić information content (AvgIpc) is 1.69. The molecule has 0 atom stereocenters. The lowest BCUT2D eigenvalue weighted by Gasteiger charge is -1.44. The molecule has 7 heavy (non-hydrogen) atoms. The third-order valence-electron chi connectivity index (χ3n) is 0.0527. The summed E-state index contributed by atoms with van der Waals surface area (Å²) in [7, 11) is 0. The molecule has 0 saturated carbocycles. The maximum Gasteiger partial charge on any atom is 0.0841 e. The van der Waals surface area contributed by atoms with Crippen molar-refractivity contribution in [2.45, 2.75) is 0 Å².